The van der Waals surface area contributed by atoms with Crippen molar-refractivity contribution >= 4 is 17.4 Å². The highest BCUT2D eigenvalue weighted by Gasteiger charge is 2.36. The topological polar surface area (TPSA) is 85.3 Å². The minimum Gasteiger partial charge on any atom is -0.463 e. The normalized spacial score (nSPS) is 11.7. The lowest BCUT2D eigenvalue weighted by molar-refractivity contribution is -0.142. The molecule has 3 heterocycles. The summed E-state index contributed by atoms with van der Waals surface area (Å²) in [5.74, 6) is -1.39. The lowest BCUT2D eigenvalue weighted by Crippen LogP contribution is -2.16. The van der Waals surface area contributed by atoms with Crippen LogP contribution in [0.5, 0.6) is 0 Å². The van der Waals surface area contributed by atoms with Crippen molar-refractivity contribution in [3.05, 3.63) is 65.8 Å². The van der Waals surface area contributed by atoms with Gasteiger partial charge in [-0.05, 0) is 42.3 Å². The van der Waals surface area contributed by atoms with E-state index in [1.54, 1.807) is 18.2 Å². The minimum atomic E-state index is -4.74. The Morgan fingerprint density at radius 1 is 1.17 bits per heavy atom. The van der Waals surface area contributed by atoms with E-state index in [0.717, 1.165) is 18.1 Å². The second-order valence-electron chi connectivity index (χ2n) is 6.16. The lowest BCUT2D eigenvalue weighted by Gasteiger charge is -2.09. The molecule has 0 radical (unpaired) electrons. The average Bonchev–Trinajstić information content (AvgIpc) is 3.36. The van der Waals surface area contributed by atoms with Crippen molar-refractivity contribution in [3.8, 4) is 11.5 Å². The number of nitrogens with zero attached hydrogens (tertiary/aromatic N) is 4. The van der Waals surface area contributed by atoms with Crippen LogP contribution in [-0.2, 0) is 12.6 Å². The molecule has 0 atom stereocenters. The van der Waals surface area contributed by atoms with Gasteiger partial charge in [-0.25, -0.2) is 4.98 Å². The molecule has 7 nitrogen and oxygen atoms in total. The molecule has 1 N–H and O–H groups in total. The zero-order valence-corrected chi connectivity index (χ0v) is 15.1. The molecule has 0 saturated heterocycles. The van der Waals surface area contributed by atoms with Crippen LogP contribution >= 0.6 is 0 Å². The number of hydrogen-bond acceptors (Lipinski definition) is 5. The van der Waals surface area contributed by atoms with E-state index in [0.29, 0.717) is 10.2 Å². The largest absolute Gasteiger partial charge is 0.463 e. The van der Waals surface area contributed by atoms with E-state index < -0.39 is 23.6 Å². The van der Waals surface area contributed by atoms with Gasteiger partial charge in [0.15, 0.2) is 11.5 Å². The maximum absolute atomic E-state index is 13.5. The lowest BCUT2D eigenvalue weighted by atomic mass is 10.1. The Hall–Kier alpha value is -3.69. The van der Waals surface area contributed by atoms with Crippen molar-refractivity contribution in [2.45, 2.75) is 19.5 Å². The van der Waals surface area contributed by atoms with Crippen LogP contribution in [0.2, 0.25) is 0 Å². The molecule has 0 fully saturated rings. The zero-order chi connectivity index (χ0) is 20.6. The first-order valence-electron chi connectivity index (χ1n) is 8.64. The molecular formula is C19H14F3N5O2. The molecule has 0 aliphatic rings. The number of carbonyl (C=O) groups excluding carboxylic acids is 1. The van der Waals surface area contributed by atoms with E-state index in [-0.39, 0.29) is 17.2 Å². The zero-order valence-electron chi connectivity index (χ0n) is 15.1. The molecule has 3 aromatic heterocycles. The molecule has 0 unspecified atom stereocenters. The molecule has 0 bridgehead atoms. The molecule has 10 heteroatoms. The van der Waals surface area contributed by atoms with Gasteiger partial charge in [0, 0.05) is 5.69 Å². The van der Waals surface area contributed by atoms with Gasteiger partial charge in [0.1, 0.15) is 5.69 Å². The first-order valence-corrected chi connectivity index (χ1v) is 8.64. The first-order chi connectivity index (χ1) is 13.8. The second-order valence-corrected chi connectivity index (χ2v) is 6.16. The Morgan fingerprint density at radius 2 is 2.00 bits per heavy atom. The molecule has 4 rings (SSSR count). The van der Waals surface area contributed by atoms with Gasteiger partial charge in [-0.15, -0.1) is 5.10 Å². The average molecular weight is 401 g/mol. The number of fused-ring (bicyclic) bond motifs is 1. The molecule has 148 valence electrons. The Balaban J connectivity index is 1.75. The van der Waals surface area contributed by atoms with Gasteiger partial charge >= 0.3 is 6.18 Å². The molecule has 0 aliphatic carbocycles. The number of aromatic nitrogens is 4. The van der Waals surface area contributed by atoms with Crippen LogP contribution in [0.15, 0.2) is 53.1 Å². The Labute approximate surface area is 162 Å². The van der Waals surface area contributed by atoms with Gasteiger partial charge in [-0.3, -0.25) is 4.79 Å². The molecule has 0 saturated carbocycles. The number of anilines is 1. The van der Waals surface area contributed by atoms with Gasteiger partial charge < -0.3 is 9.73 Å². The van der Waals surface area contributed by atoms with Crippen LogP contribution in [0.4, 0.5) is 18.9 Å². The van der Waals surface area contributed by atoms with E-state index in [1.807, 2.05) is 13.0 Å². The fraction of sp³-hybridized carbons (Fsp3) is 0.158. The smallest absolute Gasteiger partial charge is 0.433 e. The first kappa shape index (κ1) is 18.7. The Morgan fingerprint density at radius 3 is 2.69 bits per heavy atom. The Kier molecular flexibility index (Phi) is 4.53. The summed E-state index contributed by atoms with van der Waals surface area (Å²) in [5, 5.41) is 6.31. The summed E-state index contributed by atoms with van der Waals surface area (Å²) in [4.78, 5) is 20.4. The molecule has 4 aromatic rings. The summed E-state index contributed by atoms with van der Waals surface area (Å²) in [6.07, 6.45) is -2.65. The summed E-state index contributed by atoms with van der Waals surface area (Å²) < 4.78 is 46.2. The molecule has 1 aromatic carbocycles. The molecule has 1 amide bonds. The SMILES string of the molecule is CCc1cccc(NC(=O)c2nc3nc(-c4ccco4)cc(C(F)(F)F)n3n2)c1. The third kappa shape index (κ3) is 3.68. The van der Waals surface area contributed by atoms with Crippen LogP contribution in [0.25, 0.3) is 17.2 Å². The second kappa shape index (κ2) is 7.04. The standard InChI is InChI=1S/C19H14F3N5O2/c1-2-11-5-3-6-12(9-11)23-17(28)16-25-18-24-13(14-7-4-8-29-14)10-15(19(20,21)22)27(18)26-16/h3-10H,2H2,1H3,(H,23,28). The molecule has 0 aliphatic heterocycles. The maximum Gasteiger partial charge on any atom is 0.433 e. The fourth-order valence-corrected chi connectivity index (χ4v) is 2.77. The number of benzene rings is 1. The number of carbonyl (C=O) groups is 1. The summed E-state index contributed by atoms with van der Waals surface area (Å²) in [5.41, 5.74) is 0.307. The summed E-state index contributed by atoms with van der Waals surface area (Å²) in [6.45, 7) is 1.96. The number of aryl methyl sites for hydroxylation is 1. The predicted molar refractivity (Wildman–Crippen MR) is 97.3 cm³/mol. The number of hydrogen-bond donors (Lipinski definition) is 1. The van der Waals surface area contributed by atoms with E-state index in [1.165, 1.54) is 18.4 Å². The van der Waals surface area contributed by atoms with Crippen LogP contribution < -0.4 is 5.32 Å². The fourth-order valence-electron chi connectivity index (χ4n) is 2.77. The number of alkyl halides is 3. The monoisotopic (exact) mass is 401 g/mol. The van der Waals surface area contributed by atoms with Crippen LogP contribution in [0.3, 0.4) is 0 Å². The minimum absolute atomic E-state index is 0.0650. The van der Waals surface area contributed by atoms with Gasteiger partial charge in [-0.2, -0.15) is 22.7 Å². The van der Waals surface area contributed by atoms with Crippen molar-refractivity contribution in [1.82, 2.24) is 19.6 Å². The number of rotatable bonds is 4. The van der Waals surface area contributed by atoms with Gasteiger partial charge in [-0.1, -0.05) is 19.1 Å². The van der Waals surface area contributed by atoms with Crippen molar-refractivity contribution in [1.29, 1.82) is 0 Å². The number of furan rings is 1. The van der Waals surface area contributed by atoms with Gasteiger partial charge in [0.25, 0.3) is 11.7 Å². The quantitative estimate of drug-likeness (QED) is 0.554. The van der Waals surface area contributed by atoms with E-state index in [9.17, 15) is 18.0 Å². The molecular weight excluding hydrogens is 387 g/mol. The van der Waals surface area contributed by atoms with Crippen molar-refractivity contribution in [3.63, 3.8) is 0 Å². The number of halogens is 3. The maximum atomic E-state index is 13.5. The highest BCUT2D eigenvalue weighted by atomic mass is 19.4. The number of amides is 1. The predicted octanol–water partition coefficient (Wildman–Crippen LogP) is 4.22. The van der Waals surface area contributed by atoms with Gasteiger partial charge in [0.2, 0.25) is 5.82 Å². The highest BCUT2D eigenvalue weighted by molar-refractivity contribution is 6.01. The third-order valence-corrected chi connectivity index (χ3v) is 4.17. The summed E-state index contributed by atoms with van der Waals surface area (Å²) in [7, 11) is 0. The van der Waals surface area contributed by atoms with Crippen molar-refractivity contribution in [2.24, 2.45) is 0 Å². The highest BCUT2D eigenvalue weighted by Crippen LogP contribution is 2.32. The van der Waals surface area contributed by atoms with E-state index >= 15 is 0 Å². The number of nitrogens with one attached hydrogen (secondary N) is 1. The van der Waals surface area contributed by atoms with Gasteiger partial charge in [0.05, 0.1) is 6.26 Å². The van der Waals surface area contributed by atoms with Crippen LogP contribution in [-0.4, -0.2) is 25.5 Å². The van der Waals surface area contributed by atoms with Crippen molar-refractivity contribution in [2.75, 3.05) is 5.32 Å². The Bertz CT molecular complexity index is 1180. The van der Waals surface area contributed by atoms with Crippen LogP contribution in [0.1, 0.15) is 28.8 Å². The summed E-state index contributed by atoms with van der Waals surface area (Å²) >= 11 is 0. The van der Waals surface area contributed by atoms with E-state index in [4.69, 9.17) is 4.42 Å². The van der Waals surface area contributed by atoms with E-state index in [2.05, 4.69) is 20.4 Å². The van der Waals surface area contributed by atoms with Crippen LogP contribution in [0, 0.1) is 0 Å². The summed E-state index contributed by atoms with van der Waals surface area (Å²) in [6, 6.07) is 10.9. The third-order valence-electron chi connectivity index (χ3n) is 4.17. The molecule has 29 heavy (non-hydrogen) atoms. The molecule has 0 spiro atoms. The van der Waals surface area contributed by atoms with Crippen molar-refractivity contribution < 1.29 is 22.4 Å².